The number of furan rings is 1. The molecule has 4 nitrogen and oxygen atoms in total. The number of amides is 1. The van der Waals surface area contributed by atoms with Crippen molar-refractivity contribution >= 4 is 17.3 Å². The Balaban J connectivity index is 1.66. The molecule has 4 heteroatoms. The zero-order chi connectivity index (χ0) is 13.9. The van der Waals surface area contributed by atoms with Gasteiger partial charge >= 0.3 is 0 Å². The second kappa shape index (κ2) is 5.41. The fourth-order valence-corrected chi connectivity index (χ4v) is 2.14. The second-order valence-electron chi connectivity index (χ2n) is 5.23. The van der Waals surface area contributed by atoms with E-state index in [1.165, 1.54) is 0 Å². The van der Waals surface area contributed by atoms with Crippen LogP contribution in [-0.4, -0.2) is 5.91 Å². The van der Waals surface area contributed by atoms with Crippen molar-refractivity contribution in [1.82, 2.24) is 0 Å². The molecule has 2 N–H and O–H groups in total. The third kappa shape index (κ3) is 3.02. The molecule has 3 rings (SSSR count). The van der Waals surface area contributed by atoms with Crippen molar-refractivity contribution in [3.63, 3.8) is 0 Å². The van der Waals surface area contributed by atoms with Crippen molar-refractivity contribution in [3.05, 3.63) is 48.4 Å². The number of hydrogen-bond donors (Lipinski definition) is 2. The summed E-state index contributed by atoms with van der Waals surface area (Å²) in [5.41, 5.74) is 1.79. The highest BCUT2D eigenvalue weighted by molar-refractivity contribution is 5.94. The fourth-order valence-electron chi connectivity index (χ4n) is 2.14. The Bertz CT molecular complexity index is 588. The first-order chi connectivity index (χ1) is 9.72. The van der Waals surface area contributed by atoms with Gasteiger partial charge in [0.25, 0.3) is 0 Å². The molecule has 0 spiro atoms. The quantitative estimate of drug-likeness (QED) is 0.868. The summed E-state index contributed by atoms with van der Waals surface area (Å²) in [7, 11) is 0. The number of carbonyl (C=O) groups is 1. The topological polar surface area (TPSA) is 54.3 Å². The molecule has 0 aliphatic heterocycles. The molecule has 1 aliphatic rings. The fraction of sp³-hybridized carbons (Fsp3) is 0.312. The zero-order valence-corrected chi connectivity index (χ0v) is 11.4. The third-order valence-corrected chi connectivity index (χ3v) is 3.43. The third-order valence-electron chi connectivity index (χ3n) is 3.43. The SMILES string of the molecule is CC(Nc1cccc(NC(=O)C2CC2)c1)c1ccco1. The van der Waals surface area contributed by atoms with E-state index in [-0.39, 0.29) is 17.9 Å². The van der Waals surface area contributed by atoms with Gasteiger partial charge in [-0.2, -0.15) is 0 Å². The van der Waals surface area contributed by atoms with Gasteiger partial charge in [0.1, 0.15) is 5.76 Å². The number of rotatable bonds is 5. The standard InChI is InChI=1S/C16H18N2O2/c1-11(15-6-3-9-20-15)17-13-4-2-5-14(10-13)18-16(19)12-7-8-12/h2-6,9-12,17H,7-8H2,1H3,(H,18,19). The smallest absolute Gasteiger partial charge is 0.227 e. The number of carbonyl (C=O) groups excluding carboxylic acids is 1. The lowest BCUT2D eigenvalue weighted by Crippen LogP contribution is -2.13. The molecular weight excluding hydrogens is 252 g/mol. The Morgan fingerprint density at radius 2 is 2.05 bits per heavy atom. The molecule has 0 saturated heterocycles. The van der Waals surface area contributed by atoms with Gasteiger partial charge in [0.05, 0.1) is 12.3 Å². The van der Waals surface area contributed by atoms with Gasteiger partial charge in [-0.15, -0.1) is 0 Å². The van der Waals surface area contributed by atoms with Crippen LogP contribution in [0.15, 0.2) is 47.1 Å². The Hall–Kier alpha value is -2.23. The van der Waals surface area contributed by atoms with Gasteiger partial charge in [-0.05, 0) is 50.1 Å². The van der Waals surface area contributed by atoms with Crippen molar-refractivity contribution in [3.8, 4) is 0 Å². The van der Waals surface area contributed by atoms with Crippen LogP contribution in [0.25, 0.3) is 0 Å². The van der Waals surface area contributed by atoms with Gasteiger partial charge in [0, 0.05) is 17.3 Å². The summed E-state index contributed by atoms with van der Waals surface area (Å²) in [5.74, 6) is 1.23. The molecule has 1 atom stereocenters. The summed E-state index contributed by atoms with van der Waals surface area (Å²) in [4.78, 5) is 11.7. The molecule has 1 aromatic heterocycles. The molecule has 1 unspecified atom stereocenters. The van der Waals surface area contributed by atoms with Gasteiger partial charge < -0.3 is 15.1 Å². The lowest BCUT2D eigenvalue weighted by Gasteiger charge is -2.14. The van der Waals surface area contributed by atoms with Crippen LogP contribution in [0.2, 0.25) is 0 Å². The van der Waals surface area contributed by atoms with E-state index in [4.69, 9.17) is 4.42 Å². The maximum atomic E-state index is 11.7. The second-order valence-corrected chi connectivity index (χ2v) is 5.23. The van der Waals surface area contributed by atoms with Gasteiger partial charge in [0.2, 0.25) is 5.91 Å². The maximum absolute atomic E-state index is 11.7. The van der Waals surface area contributed by atoms with E-state index in [0.717, 1.165) is 30.0 Å². The molecule has 104 valence electrons. The van der Waals surface area contributed by atoms with E-state index in [2.05, 4.69) is 10.6 Å². The Kier molecular flexibility index (Phi) is 3.46. The minimum absolute atomic E-state index is 0.0828. The minimum atomic E-state index is 0.0828. The van der Waals surface area contributed by atoms with Crippen molar-refractivity contribution < 1.29 is 9.21 Å². The van der Waals surface area contributed by atoms with E-state index in [1.54, 1.807) is 6.26 Å². The molecule has 0 radical (unpaired) electrons. The zero-order valence-electron chi connectivity index (χ0n) is 11.4. The Labute approximate surface area is 118 Å². The first-order valence-corrected chi connectivity index (χ1v) is 6.93. The lowest BCUT2D eigenvalue weighted by molar-refractivity contribution is -0.117. The van der Waals surface area contributed by atoms with Crippen molar-refractivity contribution in [2.45, 2.75) is 25.8 Å². The molecule has 1 saturated carbocycles. The molecule has 1 fully saturated rings. The highest BCUT2D eigenvalue weighted by Crippen LogP contribution is 2.30. The molecule has 0 bridgehead atoms. The van der Waals surface area contributed by atoms with E-state index in [1.807, 2.05) is 43.3 Å². The monoisotopic (exact) mass is 270 g/mol. The maximum Gasteiger partial charge on any atom is 0.227 e. The summed E-state index contributed by atoms with van der Waals surface area (Å²) in [5, 5.41) is 6.31. The van der Waals surface area contributed by atoms with Crippen LogP contribution in [-0.2, 0) is 4.79 Å². The minimum Gasteiger partial charge on any atom is -0.467 e. The average molecular weight is 270 g/mol. The first kappa shape index (κ1) is 12.8. The predicted octanol–water partition coefficient (Wildman–Crippen LogP) is 3.80. The Morgan fingerprint density at radius 3 is 2.75 bits per heavy atom. The number of anilines is 2. The highest BCUT2D eigenvalue weighted by Gasteiger charge is 2.29. The van der Waals surface area contributed by atoms with Crippen molar-refractivity contribution in [2.75, 3.05) is 10.6 Å². The van der Waals surface area contributed by atoms with Crippen LogP contribution in [0.3, 0.4) is 0 Å². The summed E-state index contributed by atoms with van der Waals surface area (Å²) in [6.45, 7) is 2.04. The first-order valence-electron chi connectivity index (χ1n) is 6.93. The van der Waals surface area contributed by atoms with Crippen LogP contribution in [0.1, 0.15) is 31.6 Å². The van der Waals surface area contributed by atoms with Crippen LogP contribution in [0.4, 0.5) is 11.4 Å². The largest absolute Gasteiger partial charge is 0.467 e. The molecule has 1 aliphatic carbocycles. The van der Waals surface area contributed by atoms with E-state index < -0.39 is 0 Å². The number of nitrogens with one attached hydrogen (secondary N) is 2. The highest BCUT2D eigenvalue weighted by atomic mass is 16.3. The molecule has 1 heterocycles. The molecule has 20 heavy (non-hydrogen) atoms. The normalized spacial score (nSPS) is 15.7. The van der Waals surface area contributed by atoms with E-state index >= 15 is 0 Å². The van der Waals surface area contributed by atoms with Crippen molar-refractivity contribution in [1.29, 1.82) is 0 Å². The number of hydrogen-bond acceptors (Lipinski definition) is 3. The summed E-state index contributed by atoms with van der Waals surface area (Å²) in [6.07, 6.45) is 3.69. The molecule has 1 amide bonds. The van der Waals surface area contributed by atoms with Crippen LogP contribution < -0.4 is 10.6 Å². The average Bonchev–Trinajstić information content (AvgIpc) is 3.14. The van der Waals surface area contributed by atoms with Crippen LogP contribution in [0, 0.1) is 5.92 Å². The van der Waals surface area contributed by atoms with Crippen LogP contribution >= 0.6 is 0 Å². The predicted molar refractivity (Wildman–Crippen MR) is 78.5 cm³/mol. The number of benzene rings is 1. The molecule has 1 aromatic carbocycles. The summed E-state index contributed by atoms with van der Waals surface area (Å²) in [6, 6.07) is 11.7. The van der Waals surface area contributed by atoms with E-state index in [0.29, 0.717) is 0 Å². The van der Waals surface area contributed by atoms with Crippen LogP contribution in [0.5, 0.6) is 0 Å². The van der Waals surface area contributed by atoms with Gasteiger partial charge in [-0.1, -0.05) is 6.07 Å². The van der Waals surface area contributed by atoms with Crippen molar-refractivity contribution in [2.24, 2.45) is 5.92 Å². The van der Waals surface area contributed by atoms with Gasteiger partial charge in [-0.3, -0.25) is 4.79 Å². The molecular formula is C16H18N2O2. The van der Waals surface area contributed by atoms with Gasteiger partial charge in [0.15, 0.2) is 0 Å². The Morgan fingerprint density at radius 1 is 1.25 bits per heavy atom. The van der Waals surface area contributed by atoms with Gasteiger partial charge in [-0.25, -0.2) is 0 Å². The summed E-state index contributed by atoms with van der Waals surface area (Å²) < 4.78 is 5.37. The van der Waals surface area contributed by atoms with E-state index in [9.17, 15) is 4.79 Å². The summed E-state index contributed by atoms with van der Waals surface area (Å²) >= 11 is 0. The molecule has 2 aromatic rings. The lowest BCUT2D eigenvalue weighted by atomic mass is 10.2.